The number of alkyl halides is 3. The summed E-state index contributed by atoms with van der Waals surface area (Å²) in [5.74, 6) is -2.28. The fourth-order valence-electron chi connectivity index (χ4n) is 4.68. The van der Waals surface area contributed by atoms with E-state index >= 15 is 0 Å². The molecule has 0 radical (unpaired) electrons. The Bertz CT molecular complexity index is 1280. The molecule has 1 heterocycles. The number of benzene rings is 2. The van der Waals surface area contributed by atoms with Crippen LogP contribution in [0.1, 0.15) is 44.6 Å². The number of rotatable bonds is 9. The Morgan fingerprint density at radius 1 is 1.02 bits per heavy atom. The maximum atomic E-state index is 13.4. The number of anilines is 2. The van der Waals surface area contributed by atoms with Gasteiger partial charge in [-0.2, -0.15) is 13.2 Å². The Morgan fingerprint density at radius 3 is 2.48 bits per heavy atom. The molecule has 216 valence electrons. The van der Waals surface area contributed by atoms with E-state index < -0.39 is 57.8 Å². The van der Waals surface area contributed by atoms with E-state index in [0.29, 0.717) is 17.2 Å². The second kappa shape index (κ2) is 12.7. The van der Waals surface area contributed by atoms with E-state index in [4.69, 9.17) is 9.47 Å². The lowest BCUT2D eigenvalue weighted by Gasteiger charge is -2.31. The van der Waals surface area contributed by atoms with Crippen LogP contribution in [0, 0.1) is 0 Å². The molecule has 0 aromatic heterocycles. The van der Waals surface area contributed by atoms with Crippen molar-refractivity contribution < 1.29 is 41.2 Å². The Balaban J connectivity index is 1.46. The lowest BCUT2D eigenvalue weighted by atomic mass is 9.95. The number of carbonyl (C=O) groups excluding carboxylic acids is 3. The fourth-order valence-corrected chi connectivity index (χ4v) is 5.56. The lowest BCUT2D eigenvalue weighted by molar-refractivity contribution is -0.137. The van der Waals surface area contributed by atoms with Gasteiger partial charge in [-0.15, -0.1) is 0 Å². The Hall–Kier alpha value is -3.61. The van der Waals surface area contributed by atoms with Gasteiger partial charge < -0.3 is 20.1 Å². The van der Waals surface area contributed by atoms with Gasteiger partial charge >= 0.3 is 6.18 Å². The molecule has 3 amide bonds. The summed E-state index contributed by atoms with van der Waals surface area (Å²) >= 11 is 0. The Labute approximate surface area is 231 Å². The van der Waals surface area contributed by atoms with Gasteiger partial charge in [0.15, 0.2) is 11.5 Å². The van der Waals surface area contributed by atoms with E-state index in [2.05, 4.69) is 10.6 Å². The smallest absolute Gasteiger partial charge is 0.416 e. The molecule has 1 aliphatic carbocycles. The van der Waals surface area contributed by atoms with Gasteiger partial charge in [-0.25, -0.2) is 0 Å². The largest absolute Gasteiger partial charge is 0.454 e. The first-order chi connectivity index (χ1) is 19.0. The second-order valence-electron chi connectivity index (χ2n) is 9.68. The summed E-state index contributed by atoms with van der Waals surface area (Å²) in [5, 5.41) is 5.45. The zero-order valence-electron chi connectivity index (χ0n) is 21.8. The number of hydrogen-bond acceptors (Lipinski definition) is 6. The number of hydrogen-bond donors (Lipinski definition) is 2. The van der Waals surface area contributed by atoms with Gasteiger partial charge in [0.25, 0.3) is 0 Å². The Morgan fingerprint density at radius 2 is 1.75 bits per heavy atom. The van der Waals surface area contributed by atoms with Gasteiger partial charge in [0.2, 0.25) is 24.5 Å². The SMILES string of the molecule is CC(C(=O)NC1CCCCC1)N(C(=O)CS(=O)CC(=O)Nc1ccc2c(c1)OCO2)c1cccc(C(F)(F)F)c1. The standard InChI is InChI=1S/C27H30F3N3O6S/c1-17(26(36)32-19-7-3-2-4-8-19)33(21-9-5-6-18(12-21)27(28,29)30)25(35)15-40(37)14-24(34)31-20-10-11-22-23(13-20)39-16-38-22/h5-6,9-13,17,19H,2-4,7-8,14-16H2,1H3,(H,31,34)(H,32,36). The van der Waals surface area contributed by atoms with E-state index in [9.17, 15) is 31.8 Å². The zero-order valence-corrected chi connectivity index (χ0v) is 22.6. The third-order valence-corrected chi connectivity index (χ3v) is 7.82. The van der Waals surface area contributed by atoms with E-state index in [-0.39, 0.29) is 18.5 Å². The average molecular weight is 582 g/mol. The van der Waals surface area contributed by atoms with Crippen molar-refractivity contribution in [2.45, 2.75) is 57.3 Å². The van der Waals surface area contributed by atoms with Crippen LogP contribution < -0.4 is 25.0 Å². The van der Waals surface area contributed by atoms with Crippen molar-refractivity contribution in [2.24, 2.45) is 0 Å². The molecule has 0 saturated heterocycles. The monoisotopic (exact) mass is 581 g/mol. The molecule has 1 aliphatic heterocycles. The Kier molecular flexibility index (Phi) is 9.33. The molecule has 2 N–H and O–H groups in total. The molecule has 0 bridgehead atoms. The van der Waals surface area contributed by atoms with Crippen LogP contribution in [0.5, 0.6) is 11.5 Å². The van der Waals surface area contributed by atoms with Crippen LogP contribution in [-0.4, -0.2) is 52.3 Å². The quantitative estimate of drug-likeness (QED) is 0.463. The lowest BCUT2D eigenvalue weighted by Crippen LogP contribution is -2.52. The summed E-state index contributed by atoms with van der Waals surface area (Å²) in [4.78, 5) is 39.8. The van der Waals surface area contributed by atoms with Gasteiger partial charge in [0, 0.05) is 34.3 Å². The summed E-state index contributed by atoms with van der Waals surface area (Å²) in [6.07, 6.45) is -0.165. The van der Waals surface area contributed by atoms with Crippen molar-refractivity contribution in [3.63, 3.8) is 0 Å². The molecule has 2 aromatic rings. The molecule has 40 heavy (non-hydrogen) atoms. The molecule has 9 nitrogen and oxygen atoms in total. The van der Waals surface area contributed by atoms with Crippen LogP contribution in [0.2, 0.25) is 0 Å². The molecule has 0 spiro atoms. The summed E-state index contributed by atoms with van der Waals surface area (Å²) in [5.41, 5.74) is -0.781. The third kappa shape index (κ3) is 7.52. The highest BCUT2D eigenvalue weighted by Crippen LogP contribution is 2.34. The van der Waals surface area contributed by atoms with Crippen molar-refractivity contribution in [3.05, 3.63) is 48.0 Å². The second-order valence-corrected chi connectivity index (χ2v) is 11.1. The molecule has 2 atom stereocenters. The van der Waals surface area contributed by atoms with Crippen molar-refractivity contribution in [1.82, 2.24) is 5.32 Å². The van der Waals surface area contributed by atoms with Crippen LogP contribution in [0.4, 0.5) is 24.5 Å². The van der Waals surface area contributed by atoms with Crippen LogP contribution >= 0.6 is 0 Å². The molecule has 4 rings (SSSR count). The van der Waals surface area contributed by atoms with Crippen LogP contribution in [-0.2, 0) is 31.4 Å². The van der Waals surface area contributed by atoms with Gasteiger partial charge in [0.05, 0.1) is 5.56 Å². The van der Waals surface area contributed by atoms with Crippen molar-refractivity contribution in [1.29, 1.82) is 0 Å². The first-order valence-corrected chi connectivity index (χ1v) is 14.3. The minimum Gasteiger partial charge on any atom is -0.454 e. The molecule has 2 aromatic carbocycles. The summed E-state index contributed by atoms with van der Waals surface area (Å²) in [7, 11) is -2.02. The topological polar surface area (TPSA) is 114 Å². The highest BCUT2D eigenvalue weighted by Gasteiger charge is 2.34. The maximum Gasteiger partial charge on any atom is 0.416 e. The number of nitrogens with one attached hydrogen (secondary N) is 2. The molecule has 1 saturated carbocycles. The van der Waals surface area contributed by atoms with E-state index in [1.165, 1.54) is 19.1 Å². The summed E-state index contributed by atoms with van der Waals surface area (Å²) < 4.78 is 63.5. The van der Waals surface area contributed by atoms with Gasteiger partial charge in [-0.3, -0.25) is 23.5 Å². The van der Waals surface area contributed by atoms with Crippen molar-refractivity contribution in [3.8, 4) is 11.5 Å². The van der Waals surface area contributed by atoms with Crippen LogP contribution in [0.25, 0.3) is 0 Å². The number of amides is 3. The number of carbonyl (C=O) groups is 3. The molecular formula is C27H30F3N3O6S. The molecule has 1 fully saturated rings. The number of nitrogens with zero attached hydrogens (tertiary/aromatic N) is 1. The average Bonchev–Trinajstić information content (AvgIpc) is 3.37. The van der Waals surface area contributed by atoms with Gasteiger partial charge in [0.1, 0.15) is 17.5 Å². The predicted octanol–water partition coefficient (Wildman–Crippen LogP) is 3.99. The summed E-state index contributed by atoms with van der Waals surface area (Å²) in [6.45, 7) is 1.46. The number of fused-ring (bicyclic) bond motifs is 1. The van der Waals surface area contributed by atoms with Gasteiger partial charge in [-0.1, -0.05) is 25.3 Å². The third-order valence-electron chi connectivity index (χ3n) is 6.67. The fraction of sp³-hybridized carbons (Fsp3) is 0.444. The first-order valence-electron chi connectivity index (χ1n) is 12.9. The zero-order chi connectivity index (χ0) is 28.9. The first kappa shape index (κ1) is 29.4. The van der Waals surface area contributed by atoms with Crippen LogP contribution in [0.3, 0.4) is 0 Å². The van der Waals surface area contributed by atoms with Gasteiger partial charge in [-0.05, 0) is 50.1 Å². The molecular weight excluding hydrogens is 551 g/mol. The molecule has 2 aliphatic rings. The minimum atomic E-state index is -4.67. The number of halogens is 3. The van der Waals surface area contributed by atoms with Crippen LogP contribution in [0.15, 0.2) is 42.5 Å². The number of ether oxygens (including phenoxy) is 2. The van der Waals surface area contributed by atoms with Crippen molar-refractivity contribution >= 4 is 39.9 Å². The molecule has 13 heteroatoms. The predicted molar refractivity (Wildman–Crippen MR) is 142 cm³/mol. The highest BCUT2D eigenvalue weighted by atomic mass is 32.2. The maximum absolute atomic E-state index is 13.4. The van der Waals surface area contributed by atoms with Crippen molar-refractivity contribution in [2.75, 3.05) is 28.5 Å². The highest BCUT2D eigenvalue weighted by molar-refractivity contribution is 7.86. The van der Waals surface area contributed by atoms with E-state index in [1.807, 2.05) is 0 Å². The molecule has 2 unspecified atom stereocenters. The normalized spacial score (nSPS) is 16.6. The van der Waals surface area contributed by atoms with E-state index in [1.54, 1.807) is 12.1 Å². The van der Waals surface area contributed by atoms with E-state index in [0.717, 1.165) is 55.2 Å². The minimum absolute atomic E-state index is 0.0539. The summed E-state index contributed by atoms with van der Waals surface area (Å²) in [6, 6.07) is 7.50.